The van der Waals surface area contributed by atoms with Crippen LogP contribution in [-0.2, 0) is 4.79 Å². The first kappa shape index (κ1) is 13.6. The van der Waals surface area contributed by atoms with Crippen molar-refractivity contribution < 1.29 is 9.90 Å². The van der Waals surface area contributed by atoms with E-state index in [0.717, 1.165) is 11.3 Å². The van der Waals surface area contributed by atoms with E-state index in [2.05, 4.69) is 19.2 Å². The second-order valence-electron chi connectivity index (χ2n) is 4.95. The Morgan fingerprint density at radius 2 is 1.76 bits per heavy atom. The molecule has 1 rings (SSSR count). The second kappa shape index (κ2) is 5.71. The van der Waals surface area contributed by atoms with E-state index in [9.17, 15) is 9.90 Å². The average molecular weight is 235 g/mol. The van der Waals surface area contributed by atoms with Crippen molar-refractivity contribution in [3.8, 4) is 0 Å². The van der Waals surface area contributed by atoms with Crippen LogP contribution in [0.3, 0.4) is 0 Å². The summed E-state index contributed by atoms with van der Waals surface area (Å²) in [4.78, 5) is 11.2. The van der Waals surface area contributed by atoms with Crippen molar-refractivity contribution in [1.29, 1.82) is 0 Å². The van der Waals surface area contributed by atoms with E-state index in [1.54, 1.807) is 0 Å². The zero-order valence-electron chi connectivity index (χ0n) is 10.9. The predicted molar refractivity (Wildman–Crippen MR) is 70.4 cm³/mol. The molecule has 0 amide bonds. The lowest BCUT2D eigenvalue weighted by molar-refractivity contribution is -0.138. The second-order valence-corrected chi connectivity index (χ2v) is 4.95. The van der Waals surface area contributed by atoms with Gasteiger partial charge in [0.1, 0.15) is 6.04 Å². The van der Waals surface area contributed by atoms with Gasteiger partial charge in [-0.05, 0) is 23.5 Å². The third kappa shape index (κ3) is 3.48. The molecule has 0 aliphatic carbocycles. The number of rotatable bonds is 5. The van der Waals surface area contributed by atoms with Gasteiger partial charge in [0.25, 0.3) is 0 Å². The Bertz CT molecular complexity index is 386. The monoisotopic (exact) mass is 235 g/mol. The molecular weight excluding hydrogens is 214 g/mol. The molecular formula is C14H21NO2. The van der Waals surface area contributed by atoms with Crippen LogP contribution in [0.2, 0.25) is 0 Å². The predicted octanol–water partition coefficient (Wildman–Crippen LogP) is 3.33. The summed E-state index contributed by atoms with van der Waals surface area (Å²) < 4.78 is 0. The summed E-state index contributed by atoms with van der Waals surface area (Å²) in [6.07, 6.45) is 0. The van der Waals surface area contributed by atoms with Crippen molar-refractivity contribution >= 4 is 11.7 Å². The molecule has 1 atom stereocenters. The van der Waals surface area contributed by atoms with Crippen LogP contribution in [-0.4, -0.2) is 17.1 Å². The van der Waals surface area contributed by atoms with E-state index in [4.69, 9.17) is 0 Å². The smallest absolute Gasteiger partial charge is 0.326 e. The summed E-state index contributed by atoms with van der Waals surface area (Å²) in [5, 5.41) is 12.3. The summed E-state index contributed by atoms with van der Waals surface area (Å²) in [6.45, 7) is 8.02. The molecule has 1 aromatic carbocycles. The van der Waals surface area contributed by atoms with Crippen molar-refractivity contribution in [2.45, 2.75) is 39.7 Å². The molecule has 3 nitrogen and oxygen atoms in total. The molecule has 17 heavy (non-hydrogen) atoms. The van der Waals surface area contributed by atoms with Gasteiger partial charge in [0.05, 0.1) is 0 Å². The highest BCUT2D eigenvalue weighted by Gasteiger charge is 2.22. The normalized spacial score (nSPS) is 12.8. The maximum Gasteiger partial charge on any atom is 0.326 e. The van der Waals surface area contributed by atoms with E-state index in [-0.39, 0.29) is 5.92 Å². The third-order valence-corrected chi connectivity index (χ3v) is 2.83. The minimum absolute atomic E-state index is 0.0488. The Balaban J connectivity index is 2.97. The molecule has 3 heteroatoms. The fraction of sp³-hybridized carbons (Fsp3) is 0.500. The quantitative estimate of drug-likeness (QED) is 0.823. The average Bonchev–Trinajstić information content (AvgIpc) is 2.25. The number of para-hydroxylation sites is 1. The Hall–Kier alpha value is -1.51. The Morgan fingerprint density at radius 3 is 2.24 bits per heavy atom. The Morgan fingerprint density at radius 1 is 1.18 bits per heavy atom. The number of aliphatic carboxylic acids is 1. The topological polar surface area (TPSA) is 49.3 Å². The molecule has 0 heterocycles. The summed E-state index contributed by atoms with van der Waals surface area (Å²) in [6, 6.07) is 7.33. The molecule has 0 aliphatic heterocycles. The van der Waals surface area contributed by atoms with Crippen LogP contribution < -0.4 is 5.32 Å². The van der Waals surface area contributed by atoms with Gasteiger partial charge in [-0.2, -0.15) is 0 Å². The minimum atomic E-state index is -0.807. The van der Waals surface area contributed by atoms with E-state index in [1.165, 1.54) is 0 Å². The molecule has 0 saturated heterocycles. The van der Waals surface area contributed by atoms with Crippen molar-refractivity contribution in [3.05, 3.63) is 29.8 Å². The number of carboxylic acid groups (broad SMARTS) is 1. The molecule has 0 radical (unpaired) electrons. The largest absolute Gasteiger partial charge is 0.480 e. The summed E-state index contributed by atoms with van der Waals surface area (Å²) in [7, 11) is 0. The van der Waals surface area contributed by atoms with Crippen LogP contribution in [0.25, 0.3) is 0 Å². The molecule has 94 valence electrons. The van der Waals surface area contributed by atoms with E-state index in [1.807, 2.05) is 38.1 Å². The lowest BCUT2D eigenvalue weighted by atomic mass is 9.99. The molecule has 0 aromatic heterocycles. The maximum atomic E-state index is 11.2. The third-order valence-electron chi connectivity index (χ3n) is 2.83. The molecule has 2 N–H and O–H groups in total. The number of nitrogens with one attached hydrogen (secondary N) is 1. The highest BCUT2D eigenvalue weighted by atomic mass is 16.4. The summed E-state index contributed by atoms with van der Waals surface area (Å²) in [5.41, 5.74) is 2.07. The van der Waals surface area contributed by atoms with Gasteiger partial charge in [0.2, 0.25) is 0 Å². The Labute approximate surface area is 103 Å². The molecule has 1 unspecified atom stereocenters. The maximum absolute atomic E-state index is 11.2. The minimum Gasteiger partial charge on any atom is -0.480 e. The van der Waals surface area contributed by atoms with Crippen LogP contribution in [0.15, 0.2) is 24.3 Å². The van der Waals surface area contributed by atoms with Crippen molar-refractivity contribution in [2.24, 2.45) is 5.92 Å². The fourth-order valence-corrected chi connectivity index (χ4v) is 1.81. The zero-order valence-corrected chi connectivity index (χ0v) is 10.9. The fourth-order valence-electron chi connectivity index (χ4n) is 1.81. The van der Waals surface area contributed by atoms with Crippen LogP contribution in [0.5, 0.6) is 0 Å². The van der Waals surface area contributed by atoms with E-state index < -0.39 is 12.0 Å². The van der Waals surface area contributed by atoms with Crippen molar-refractivity contribution in [3.63, 3.8) is 0 Å². The first-order chi connectivity index (χ1) is 7.93. The van der Waals surface area contributed by atoms with Crippen molar-refractivity contribution in [2.75, 3.05) is 5.32 Å². The molecule has 1 aromatic rings. The lowest BCUT2D eigenvalue weighted by Gasteiger charge is -2.22. The van der Waals surface area contributed by atoms with Gasteiger partial charge in [-0.1, -0.05) is 45.9 Å². The molecule has 0 fully saturated rings. The van der Waals surface area contributed by atoms with Gasteiger partial charge < -0.3 is 10.4 Å². The summed E-state index contributed by atoms with van der Waals surface area (Å²) in [5.74, 6) is -0.383. The van der Waals surface area contributed by atoms with Crippen molar-refractivity contribution in [1.82, 2.24) is 0 Å². The highest BCUT2D eigenvalue weighted by molar-refractivity contribution is 5.78. The van der Waals surface area contributed by atoms with E-state index in [0.29, 0.717) is 5.92 Å². The summed E-state index contributed by atoms with van der Waals surface area (Å²) >= 11 is 0. The lowest BCUT2D eigenvalue weighted by Crippen LogP contribution is -2.34. The highest BCUT2D eigenvalue weighted by Crippen LogP contribution is 2.25. The van der Waals surface area contributed by atoms with Crippen LogP contribution in [0, 0.1) is 5.92 Å². The van der Waals surface area contributed by atoms with Gasteiger partial charge in [-0.25, -0.2) is 4.79 Å². The van der Waals surface area contributed by atoms with Gasteiger partial charge in [0.15, 0.2) is 0 Å². The zero-order chi connectivity index (χ0) is 13.0. The molecule has 0 aliphatic rings. The molecule has 0 bridgehead atoms. The van der Waals surface area contributed by atoms with E-state index >= 15 is 0 Å². The number of hydrogen-bond acceptors (Lipinski definition) is 2. The molecule has 0 saturated carbocycles. The van der Waals surface area contributed by atoms with Crippen LogP contribution in [0.4, 0.5) is 5.69 Å². The first-order valence-corrected chi connectivity index (χ1v) is 6.01. The van der Waals surface area contributed by atoms with Crippen LogP contribution >= 0.6 is 0 Å². The first-order valence-electron chi connectivity index (χ1n) is 6.01. The Kier molecular flexibility index (Phi) is 4.55. The number of hydrogen-bond donors (Lipinski definition) is 2. The van der Waals surface area contributed by atoms with Crippen LogP contribution in [0.1, 0.15) is 39.2 Å². The van der Waals surface area contributed by atoms with Gasteiger partial charge in [0, 0.05) is 5.69 Å². The van der Waals surface area contributed by atoms with Gasteiger partial charge in [-0.3, -0.25) is 0 Å². The number of carboxylic acids is 1. The van der Waals surface area contributed by atoms with Gasteiger partial charge in [-0.15, -0.1) is 0 Å². The van der Waals surface area contributed by atoms with Gasteiger partial charge >= 0.3 is 5.97 Å². The number of carbonyl (C=O) groups is 1. The standard InChI is InChI=1S/C14H21NO2/c1-9(2)11-7-5-6-8-12(11)15-13(10(3)4)14(16)17/h5-10,13,15H,1-4H3,(H,16,17). The SMILES string of the molecule is CC(C)c1ccccc1NC(C(=O)O)C(C)C. The number of benzene rings is 1. The molecule has 0 spiro atoms. The number of anilines is 1.